The molecule has 0 amide bonds. The molecule has 1 unspecified atom stereocenters. The van der Waals surface area contributed by atoms with Crippen molar-refractivity contribution in [3.05, 3.63) is 0 Å². The van der Waals surface area contributed by atoms with Gasteiger partial charge in [-0.05, 0) is 25.7 Å². The molecule has 3 nitrogen and oxygen atoms in total. The molecular formula is C23H48O3. The minimum absolute atomic E-state index is 0.155. The first-order chi connectivity index (χ1) is 12.7. The van der Waals surface area contributed by atoms with Crippen molar-refractivity contribution in [2.24, 2.45) is 0 Å². The minimum atomic E-state index is -0.155. The SMILES string of the molecule is CCCCCCCCOC(CCC)(CCOCCCC)COCCCC. The van der Waals surface area contributed by atoms with Crippen molar-refractivity contribution in [3.8, 4) is 0 Å². The zero-order valence-corrected chi connectivity index (χ0v) is 18.5. The fraction of sp³-hybridized carbons (Fsp3) is 1.00. The van der Waals surface area contributed by atoms with E-state index >= 15 is 0 Å². The van der Waals surface area contributed by atoms with E-state index < -0.39 is 0 Å². The Balaban J connectivity index is 4.34. The molecule has 0 bridgehead atoms. The van der Waals surface area contributed by atoms with E-state index in [0.29, 0.717) is 6.61 Å². The highest BCUT2D eigenvalue weighted by Gasteiger charge is 2.30. The lowest BCUT2D eigenvalue weighted by molar-refractivity contribution is -0.118. The fourth-order valence-corrected chi connectivity index (χ4v) is 3.19. The molecule has 0 fully saturated rings. The van der Waals surface area contributed by atoms with Crippen molar-refractivity contribution < 1.29 is 14.2 Å². The van der Waals surface area contributed by atoms with E-state index in [1.807, 2.05) is 0 Å². The highest BCUT2D eigenvalue weighted by Crippen LogP contribution is 2.25. The van der Waals surface area contributed by atoms with Crippen LogP contribution in [0.4, 0.5) is 0 Å². The molecule has 0 heterocycles. The summed E-state index contributed by atoms with van der Waals surface area (Å²) in [6.07, 6.45) is 15.6. The highest BCUT2D eigenvalue weighted by atomic mass is 16.5. The molecule has 0 aromatic carbocycles. The zero-order valence-electron chi connectivity index (χ0n) is 18.5. The van der Waals surface area contributed by atoms with Crippen LogP contribution < -0.4 is 0 Å². The molecule has 0 saturated heterocycles. The summed E-state index contributed by atoms with van der Waals surface area (Å²) in [5.74, 6) is 0. The molecule has 1 atom stereocenters. The Morgan fingerprint density at radius 2 is 1.12 bits per heavy atom. The lowest BCUT2D eigenvalue weighted by Gasteiger charge is -2.34. The molecule has 0 aliphatic carbocycles. The third-order valence-electron chi connectivity index (χ3n) is 4.96. The Labute approximate surface area is 164 Å². The van der Waals surface area contributed by atoms with Gasteiger partial charge in [0.1, 0.15) is 0 Å². The second kappa shape index (κ2) is 19.6. The first-order valence-corrected chi connectivity index (χ1v) is 11.5. The second-order valence-electron chi connectivity index (χ2n) is 7.67. The van der Waals surface area contributed by atoms with Gasteiger partial charge in [0.05, 0.1) is 12.2 Å². The average Bonchev–Trinajstić information content (AvgIpc) is 2.64. The molecule has 158 valence electrons. The number of hydrogen-bond donors (Lipinski definition) is 0. The Hall–Kier alpha value is -0.120. The van der Waals surface area contributed by atoms with E-state index in [1.54, 1.807) is 0 Å². The molecule has 0 N–H and O–H groups in total. The number of hydrogen-bond acceptors (Lipinski definition) is 3. The van der Waals surface area contributed by atoms with Gasteiger partial charge in [-0.3, -0.25) is 0 Å². The van der Waals surface area contributed by atoms with Crippen LogP contribution in [0.1, 0.15) is 111 Å². The first kappa shape index (κ1) is 25.9. The maximum atomic E-state index is 6.46. The van der Waals surface area contributed by atoms with Gasteiger partial charge in [0, 0.05) is 32.8 Å². The van der Waals surface area contributed by atoms with Crippen LogP contribution in [0.3, 0.4) is 0 Å². The Morgan fingerprint density at radius 1 is 0.500 bits per heavy atom. The van der Waals surface area contributed by atoms with Crippen LogP contribution >= 0.6 is 0 Å². The van der Waals surface area contributed by atoms with E-state index in [1.165, 1.54) is 51.4 Å². The quantitative estimate of drug-likeness (QED) is 0.204. The van der Waals surface area contributed by atoms with E-state index in [9.17, 15) is 0 Å². The summed E-state index contributed by atoms with van der Waals surface area (Å²) in [4.78, 5) is 0. The topological polar surface area (TPSA) is 27.7 Å². The summed E-state index contributed by atoms with van der Waals surface area (Å²) >= 11 is 0. The van der Waals surface area contributed by atoms with Crippen LogP contribution in [0.25, 0.3) is 0 Å². The first-order valence-electron chi connectivity index (χ1n) is 11.5. The number of unbranched alkanes of at least 4 members (excludes halogenated alkanes) is 7. The lowest BCUT2D eigenvalue weighted by atomic mass is 9.94. The van der Waals surface area contributed by atoms with E-state index in [2.05, 4.69) is 27.7 Å². The van der Waals surface area contributed by atoms with E-state index in [-0.39, 0.29) is 5.60 Å². The molecule has 26 heavy (non-hydrogen) atoms. The molecule has 0 aliphatic heterocycles. The monoisotopic (exact) mass is 372 g/mol. The third-order valence-corrected chi connectivity index (χ3v) is 4.96. The normalized spacial score (nSPS) is 13.8. The van der Waals surface area contributed by atoms with Crippen LogP contribution in [0, 0.1) is 0 Å². The summed E-state index contributed by atoms with van der Waals surface area (Å²) in [6.45, 7) is 13.0. The van der Waals surface area contributed by atoms with Crippen LogP contribution in [-0.2, 0) is 14.2 Å². The zero-order chi connectivity index (χ0) is 19.3. The van der Waals surface area contributed by atoms with Gasteiger partial charge >= 0.3 is 0 Å². The molecule has 0 aromatic rings. The largest absolute Gasteiger partial charge is 0.381 e. The van der Waals surface area contributed by atoms with Crippen LogP contribution in [0.5, 0.6) is 0 Å². The number of ether oxygens (including phenoxy) is 3. The van der Waals surface area contributed by atoms with Crippen molar-refractivity contribution in [3.63, 3.8) is 0 Å². The molecule has 0 rings (SSSR count). The molecule has 0 saturated carbocycles. The lowest BCUT2D eigenvalue weighted by Crippen LogP contribution is -2.40. The Morgan fingerprint density at radius 3 is 1.77 bits per heavy atom. The molecule has 0 radical (unpaired) electrons. The van der Waals surface area contributed by atoms with Gasteiger partial charge in [0.15, 0.2) is 0 Å². The third kappa shape index (κ3) is 15.0. The van der Waals surface area contributed by atoms with E-state index in [4.69, 9.17) is 14.2 Å². The molecule has 0 spiro atoms. The molecular weight excluding hydrogens is 324 g/mol. The maximum Gasteiger partial charge on any atom is 0.0936 e. The van der Waals surface area contributed by atoms with Gasteiger partial charge in [-0.15, -0.1) is 0 Å². The van der Waals surface area contributed by atoms with Gasteiger partial charge in [0.2, 0.25) is 0 Å². The molecule has 0 aromatic heterocycles. The fourth-order valence-electron chi connectivity index (χ4n) is 3.19. The molecule has 3 heteroatoms. The van der Waals surface area contributed by atoms with Gasteiger partial charge < -0.3 is 14.2 Å². The Bertz CT molecular complexity index is 270. The van der Waals surface area contributed by atoms with E-state index in [0.717, 1.165) is 58.5 Å². The summed E-state index contributed by atoms with van der Waals surface area (Å²) in [5, 5.41) is 0. The standard InChI is InChI=1S/C23H48O3/c1-5-9-12-13-14-15-20-26-23(16-8-4,22-25-19-11-7-3)17-21-24-18-10-6-2/h5-22H2,1-4H3. The van der Waals surface area contributed by atoms with Gasteiger partial charge in [-0.25, -0.2) is 0 Å². The summed E-state index contributed by atoms with van der Waals surface area (Å²) in [5.41, 5.74) is -0.155. The van der Waals surface area contributed by atoms with Crippen molar-refractivity contribution >= 4 is 0 Å². The molecule has 0 aliphatic rings. The number of rotatable bonds is 21. The van der Waals surface area contributed by atoms with Gasteiger partial charge in [0.25, 0.3) is 0 Å². The second-order valence-corrected chi connectivity index (χ2v) is 7.67. The summed E-state index contributed by atoms with van der Waals surface area (Å²) in [7, 11) is 0. The van der Waals surface area contributed by atoms with Gasteiger partial charge in [-0.1, -0.05) is 79.1 Å². The van der Waals surface area contributed by atoms with Crippen LogP contribution in [0.2, 0.25) is 0 Å². The summed E-state index contributed by atoms with van der Waals surface area (Å²) < 4.78 is 18.3. The van der Waals surface area contributed by atoms with Crippen molar-refractivity contribution in [2.75, 3.05) is 33.0 Å². The minimum Gasteiger partial charge on any atom is -0.381 e. The van der Waals surface area contributed by atoms with Crippen molar-refractivity contribution in [1.29, 1.82) is 0 Å². The van der Waals surface area contributed by atoms with Crippen molar-refractivity contribution in [2.45, 2.75) is 117 Å². The van der Waals surface area contributed by atoms with Gasteiger partial charge in [-0.2, -0.15) is 0 Å². The maximum absolute atomic E-state index is 6.46. The van der Waals surface area contributed by atoms with Crippen molar-refractivity contribution in [1.82, 2.24) is 0 Å². The summed E-state index contributed by atoms with van der Waals surface area (Å²) in [6, 6.07) is 0. The van der Waals surface area contributed by atoms with Crippen LogP contribution in [-0.4, -0.2) is 38.6 Å². The highest BCUT2D eigenvalue weighted by molar-refractivity contribution is 4.81. The smallest absolute Gasteiger partial charge is 0.0936 e. The predicted octanol–water partition coefficient (Wildman–Crippen LogP) is 6.93. The Kier molecular flexibility index (Phi) is 19.5. The van der Waals surface area contributed by atoms with Crippen LogP contribution in [0.15, 0.2) is 0 Å². The predicted molar refractivity (Wildman–Crippen MR) is 113 cm³/mol. The average molecular weight is 373 g/mol.